The van der Waals surface area contributed by atoms with Gasteiger partial charge in [-0.1, -0.05) is 6.07 Å². The van der Waals surface area contributed by atoms with Crippen molar-refractivity contribution in [3.63, 3.8) is 0 Å². The molecule has 9 nitrogen and oxygen atoms in total. The maximum Gasteiger partial charge on any atom is 0.410 e. The average Bonchev–Trinajstić information content (AvgIpc) is 3.02. The molecule has 4 amide bonds. The Bertz CT molecular complexity index is 1150. The summed E-state index contributed by atoms with van der Waals surface area (Å²) in [6.45, 7) is 10.3. The van der Waals surface area contributed by atoms with Gasteiger partial charge in [-0.2, -0.15) is 0 Å². The zero-order chi connectivity index (χ0) is 27.0. The van der Waals surface area contributed by atoms with E-state index < -0.39 is 34.3 Å². The summed E-state index contributed by atoms with van der Waals surface area (Å²) in [6, 6.07) is 5.11. The van der Waals surface area contributed by atoms with Crippen molar-refractivity contribution >= 4 is 18.0 Å². The molecule has 2 heterocycles. The first-order valence-electron chi connectivity index (χ1n) is 13.4. The number of rotatable bonds is 3. The Morgan fingerprint density at radius 1 is 1.14 bits per heavy atom. The van der Waals surface area contributed by atoms with E-state index in [0.29, 0.717) is 57.5 Å². The van der Waals surface area contributed by atoms with Gasteiger partial charge in [0.25, 0.3) is 5.91 Å². The van der Waals surface area contributed by atoms with Crippen molar-refractivity contribution in [1.82, 2.24) is 14.7 Å². The molecule has 4 aliphatic rings. The molecular formula is C28H39N3O6. The third-order valence-corrected chi connectivity index (χ3v) is 9.18. The number of benzene rings is 1. The topological polar surface area (TPSA) is 99.6 Å². The average molecular weight is 514 g/mol. The van der Waals surface area contributed by atoms with Crippen LogP contribution in [0.3, 0.4) is 0 Å². The fraction of sp³-hybridized carbons (Fsp3) is 0.679. The van der Waals surface area contributed by atoms with Gasteiger partial charge in [-0.3, -0.25) is 9.69 Å². The van der Waals surface area contributed by atoms with Crippen LogP contribution in [0.2, 0.25) is 0 Å². The highest BCUT2D eigenvalue weighted by Gasteiger charge is 2.72. The molecule has 37 heavy (non-hydrogen) atoms. The first-order chi connectivity index (χ1) is 17.4. The number of fused-ring (bicyclic) bond motifs is 1. The maximum atomic E-state index is 13.9. The maximum absolute atomic E-state index is 13.9. The van der Waals surface area contributed by atoms with E-state index in [4.69, 9.17) is 9.47 Å². The quantitative estimate of drug-likeness (QED) is 0.622. The number of likely N-dealkylation sites (tertiary alicyclic amines) is 1. The molecule has 0 aromatic heterocycles. The van der Waals surface area contributed by atoms with Gasteiger partial charge in [0.15, 0.2) is 0 Å². The van der Waals surface area contributed by atoms with Crippen LogP contribution in [0.15, 0.2) is 18.2 Å². The third kappa shape index (κ3) is 3.42. The smallest absolute Gasteiger partial charge is 0.410 e. The van der Waals surface area contributed by atoms with Gasteiger partial charge in [0.1, 0.15) is 16.9 Å². The monoisotopic (exact) mass is 513 g/mol. The summed E-state index contributed by atoms with van der Waals surface area (Å²) in [6.07, 6.45) is 1.45. The number of piperidine rings is 1. The number of methoxy groups -OCH3 is 1. The molecular weight excluding hydrogens is 474 g/mol. The number of hydrogen-bond donors (Lipinski definition) is 1. The van der Waals surface area contributed by atoms with Crippen LogP contribution in [0.4, 0.5) is 9.59 Å². The molecule has 1 spiro atoms. The fourth-order valence-corrected chi connectivity index (χ4v) is 7.60. The number of aliphatic hydroxyl groups is 1. The predicted molar refractivity (Wildman–Crippen MR) is 136 cm³/mol. The predicted octanol–water partition coefficient (Wildman–Crippen LogP) is 3.46. The Hall–Kier alpha value is -2.81. The normalized spacial score (nSPS) is 32.9. The van der Waals surface area contributed by atoms with Gasteiger partial charge in [0, 0.05) is 25.0 Å². The van der Waals surface area contributed by atoms with E-state index in [-0.39, 0.29) is 11.9 Å². The van der Waals surface area contributed by atoms with E-state index in [9.17, 15) is 19.5 Å². The van der Waals surface area contributed by atoms with E-state index in [1.165, 1.54) is 4.90 Å². The minimum Gasteiger partial charge on any atom is -0.497 e. The van der Waals surface area contributed by atoms with Crippen molar-refractivity contribution in [2.45, 2.75) is 94.9 Å². The molecule has 3 fully saturated rings. The second-order valence-electron chi connectivity index (χ2n) is 12.0. The summed E-state index contributed by atoms with van der Waals surface area (Å²) in [7, 11) is 1.61. The Kier molecular flexibility index (Phi) is 5.83. The summed E-state index contributed by atoms with van der Waals surface area (Å²) in [5.41, 5.74) is -1.82. The molecule has 2 aliphatic heterocycles. The first kappa shape index (κ1) is 25.8. The molecule has 2 bridgehead atoms. The lowest BCUT2D eigenvalue weighted by Gasteiger charge is -2.66. The van der Waals surface area contributed by atoms with Gasteiger partial charge >= 0.3 is 12.1 Å². The molecule has 1 saturated carbocycles. The number of imide groups is 1. The largest absolute Gasteiger partial charge is 0.497 e. The molecule has 1 N–H and O–H groups in total. The van der Waals surface area contributed by atoms with Gasteiger partial charge in [0.2, 0.25) is 0 Å². The number of carbonyl (C=O) groups is 3. The van der Waals surface area contributed by atoms with Crippen LogP contribution in [-0.2, 0) is 21.4 Å². The van der Waals surface area contributed by atoms with E-state index in [2.05, 4.69) is 0 Å². The van der Waals surface area contributed by atoms with Gasteiger partial charge in [-0.25, -0.2) is 9.59 Å². The van der Waals surface area contributed by atoms with Crippen molar-refractivity contribution in [3.8, 4) is 5.75 Å². The summed E-state index contributed by atoms with van der Waals surface area (Å²) in [4.78, 5) is 45.2. The standard InChI is InChI=1S/C28H39N3O6/c1-7-29-22(32)27(31(8-2)23(29)33)11-12-28(35)21-15-18-9-10-19(36-6)16-20(18)26(28,17-27)13-14-30(21)24(34)37-25(3,4)5/h9-10,16,21,35H,7-8,11-15,17H2,1-6H3/t21-,26-,27+,28-/m1/s1. The Labute approximate surface area is 218 Å². The number of urea groups is 1. The molecule has 2 saturated heterocycles. The van der Waals surface area contributed by atoms with Crippen LogP contribution in [0.25, 0.3) is 0 Å². The first-order valence-corrected chi connectivity index (χ1v) is 13.4. The van der Waals surface area contributed by atoms with E-state index >= 15 is 0 Å². The van der Waals surface area contributed by atoms with Crippen LogP contribution >= 0.6 is 0 Å². The van der Waals surface area contributed by atoms with Crippen molar-refractivity contribution in [3.05, 3.63) is 29.3 Å². The Morgan fingerprint density at radius 2 is 1.86 bits per heavy atom. The molecule has 5 rings (SSSR count). The van der Waals surface area contributed by atoms with Gasteiger partial charge in [-0.05, 0) is 90.0 Å². The zero-order valence-corrected chi connectivity index (χ0v) is 22.8. The molecule has 0 radical (unpaired) electrons. The van der Waals surface area contributed by atoms with Crippen LogP contribution in [0.5, 0.6) is 5.75 Å². The van der Waals surface area contributed by atoms with Crippen molar-refractivity contribution in [2.75, 3.05) is 26.7 Å². The molecule has 1 aromatic rings. The van der Waals surface area contributed by atoms with Gasteiger partial charge in [0.05, 0.1) is 18.8 Å². The lowest BCUT2D eigenvalue weighted by atomic mass is 9.46. The lowest BCUT2D eigenvalue weighted by molar-refractivity contribution is -0.184. The number of hydrogen-bond acceptors (Lipinski definition) is 6. The Morgan fingerprint density at radius 3 is 2.49 bits per heavy atom. The number of carbonyl (C=O) groups excluding carboxylic acids is 3. The Balaban J connectivity index is 1.66. The minimum atomic E-state index is -1.28. The molecule has 2 aliphatic carbocycles. The highest BCUT2D eigenvalue weighted by Crippen LogP contribution is 2.62. The van der Waals surface area contributed by atoms with E-state index in [1.807, 2.05) is 52.8 Å². The van der Waals surface area contributed by atoms with E-state index in [0.717, 1.165) is 11.1 Å². The number of likely N-dealkylation sites (N-methyl/N-ethyl adjacent to an activating group) is 2. The third-order valence-electron chi connectivity index (χ3n) is 9.18. The van der Waals surface area contributed by atoms with Gasteiger partial charge in [-0.15, -0.1) is 0 Å². The number of amides is 4. The molecule has 1 aromatic carbocycles. The number of ether oxygens (including phenoxy) is 2. The molecule has 0 unspecified atom stereocenters. The van der Waals surface area contributed by atoms with Crippen LogP contribution in [0.1, 0.15) is 71.4 Å². The zero-order valence-electron chi connectivity index (χ0n) is 22.8. The van der Waals surface area contributed by atoms with Crippen molar-refractivity contribution < 1.29 is 29.0 Å². The molecule has 202 valence electrons. The summed E-state index contributed by atoms with van der Waals surface area (Å²) in [5.74, 6) is 0.499. The minimum absolute atomic E-state index is 0.181. The van der Waals surface area contributed by atoms with Crippen molar-refractivity contribution in [2.24, 2.45) is 0 Å². The summed E-state index contributed by atoms with van der Waals surface area (Å²) >= 11 is 0. The lowest BCUT2D eigenvalue weighted by Crippen LogP contribution is -2.77. The fourth-order valence-electron chi connectivity index (χ4n) is 7.60. The van der Waals surface area contributed by atoms with Crippen LogP contribution < -0.4 is 4.74 Å². The highest BCUT2D eigenvalue weighted by molar-refractivity contribution is 6.07. The van der Waals surface area contributed by atoms with E-state index in [1.54, 1.807) is 16.9 Å². The van der Waals surface area contributed by atoms with Crippen LogP contribution in [0, 0.1) is 0 Å². The number of nitrogens with zero attached hydrogens (tertiary/aromatic N) is 3. The summed E-state index contributed by atoms with van der Waals surface area (Å²) in [5, 5.41) is 12.6. The second kappa shape index (κ2) is 8.35. The highest BCUT2D eigenvalue weighted by atomic mass is 16.6. The molecule has 4 atom stereocenters. The summed E-state index contributed by atoms with van der Waals surface area (Å²) < 4.78 is 11.3. The van der Waals surface area contributed by atoms with Crippen LogP contribution in [-0.4, -0.2) is 87.4 Å². The van der Waals surface area contributed by atoms with Gasteiger partial charge < -0.3 is 24.4 Å². The van der Waals surface area contributed by atoms with Crippen molar-refractivity contribution in [1.29, 1.82) is 0 Å². The SMILES string of the molecule is CCN1C(=O)N(CC)[C@]2(CC[C@@]3(O)[C@H]4Cc5ccc(OC)cc5[C@@]3(CCN4C(=O)OC(C)(C)C)C2)C1=O. The second-order valence-corrected chi connectivity index (χ2v) is 12.0. The molecule has 9 heteroatoms.